The van der Waals surface area contributed by atoms with Gasteiger partial charge in [0.2, 0.25) is 0 Å². The van der Waals surface area contributed by atoms with Crippen molar-refractivity contribution in [1.29, 1.82) is 0 Å². The van der Waals surface area contributed by atoms with E-state index in [0.29, 0.717) is 17.7 Å². The Kier molecular flexibility index (Phi) is 7.07. The fourth-order valence-electron chi connectivity index (χ4n) is 2.25. The van der Waals surface area contributed by atoms with Gasteiger partial charge in [0, 0.05) is 25.5 Å². The Morgan fingerprint density at radius 3 is 2.28 bits per heavy atom. The van der Waals surface area contributed by atoms with E-state index in [1.165, 1.54) is 30.6 Å². The van der Waals surface area contributed by atoms with Gasteiger partial charge in [0.1, 0.15) is 5.82 Å². The zero-order valence-corrected chi connectivity index (χ0v) is 14.2. The summed E-state index contributed by atoms with van der Waals surface area (Å²) in [5, 5.41) is 5.54. The highest BCUT2D eigenvalue weighted by Gasteiger charge is 2.11. The molecule has 0 fully saturated rings. The second kappa shape index (κ2) is 9.52. The Balaban J connectivity index is 1.91. The molecule has 2 rings (SSSR count). The zero-order chi connectivity index (χ0) is 18.1. The standard InChI is InChI=1S/C19H22FN3O2/c1-2-3-4-9-22-18(24)15-10-16(13-21-12-15)19(25)23-11-14-5-7-17(20)8-6-14/h5-8,10,12-13H,2-4,9,11H2,1H3,(H,22,24)(H,23,25). The number of unbranched alkanes of at least 4 members (excludes halogenated alkanes) is 2. The first-order valence-corrected chi connectivity index (χ1v) is 8.36. The number of amides is 2. The highest BCUT2D eigenvalue weighted by atomic mass is 19.1. The molecule has 0 atom stereocenters. The second-order valence-corrected chi connectivity index (χ2v) is 5.73. The molecule has 2 amide bonds. The van der Waals surface area contributed by atoms with E-state index in [9.17, 15) is 14.0 Å². The third-order valence-corrected chi connectivity index (χ3v) is 3.69. The number of benzene rings is 1. The van der Waals surface area contributed by atoms with Crippen molar-refractivity contribution in [3.63, 3.8) is 0 Å². The summed E-state index contributed by atoms with van der Waals surface area (Å²) in [4.78, 5) is 28.2. The number of nitrogens with zero attached hydrogens (tertiary/aromatic N) is 1. The summed E-state index contributed by atoms with van der Waals surface area (Å²) in [5.74, 6) is -0.897. The van der Waals surface area contributed by atoms with Gasteiger partial charge in [0.15, 0.2) is 0 Å². The number of aromatic nitrogens is 1. The second-order valence-electron chi connectivity index (χ2n) is 5.73. The molecule has 5 nitrogen and oxygen atoms in total. The van der Waals surface area contributed by atoms with Gasteiger partial charge in [-0.05, 0) is 30.2 Å². The molecular weight excluding hydrogens is 321 g/mol. The minimum atomic E-state index is -0.336. The summed E-state index contributed by atoms with van der Waals surface area (Å²) in [6, 6.07) is 7.41. The van der Waals surface area contributed by atoms with Crippen molar-refractivity contribution < 1.29 is 14.0 Å². The average molecular weight is 343 g/mol. The fraction of sp³-hybridized carbons (Fsp3) is 0.316. The van der Waals surface area contributed by atoms with Gasteiger partial charge in [-0.15, -0.1) is 0 Å². The van der Waals surface area contributed by atoms with Crippen LogP contribution in [0.15, 0.2) is 42.7 Å². The molecule has 132 valence electrons. The van der Waals surface area contributed by atoms with Crippen molar-refractivity contribution in [2.24, 2.45) is 0 Å². The highest BCUT2D eigenvalue weighted by molar-refractivity contribution is 5.99. The van der Waals surface area contributed by atoms with E-state index < -0.39 is 0 Å². The Morgan fingerprint density at radius 2 is 1.64 bits per heavy atom. The lowest BCUT2D eigenvalue weighted by molar-refractivity contribution is 0.0950. The van der Waals surface area contributed by atoms with Gasteiger partial charge in [0.25, 0.3) is 11.8 Å². The monoisotopic (exact) mass is 343 g/mol. The third-order valence-electron chi connectivity index (χ3n) is 3.69. The first-order valence-electron chi connectivity index (χ1n) is 8.36. The number of carbonyl (C=O) groups excluding carboxylic acids is 2. The van der Waals surface area contributed by atoms with Crippen LogP contribution < -0.4 is 10.6 Å². The highest BCUT2D eigenvalue weighted by Crippen LogP contribution is 2.06. The SMILES string of the molecule is CCCCCNC(=O)c1cncc(C(=O)NCc2ccc(F)cc2)c1. The van der Waals surface area contributed by atoms with Crippen LogP contribution in [0.1, 0.15) is 52.5 Å². The Hall–Kier alpha value is -2.76. The van der Waals surface area contributed by atoms with Gasteiger partial charge >= 0.3 is 0 Å². The number of halogens is 1. The predicted octanol–water partition coefficient (Wildman–Crippen LogP) is 3.07. The minimum Gasteiger partial charge on any atom is -0.352 e. The largest absolute Gasteiger partial charge is 0.352 e. The van der Waals surface area contributed by atoms with Crippen LogP contribution in [-0.4, -0.2) is 23.3 Å². The van der Waals surface area contributed by atoms with Crippen molar-refractivity contribution in [2.75, 3.05) is 6.54 Å². The van der Waals surface area contributed by atoms with E-state index in [1.54, 1.807) is 12.1 Å². The molecule has 1 aromatic heterocycles. The molecular formula is C19H22FN3O2. The molecule has 0 aliphatic heterocycles. The molecule has 0 radical (unpaired) electrons. The Labute approximate surface area is 146 Å². The van der Waals surface area contributed by atoms with Crippen LogP contribution in [0, 0.1) is 5.82 Å². The first-order chi connectivity index (χ1) is 12.1. The number of carbonyl (C=O) groups is 2. The lowest BCUT2D eigenvalue weighted by atomic mass is 10.1. The van der Waals surface area contributed by atoms with Gasteiger partial charge in [-0.3, -0.25) is 14.6 Å². The molecule has 0 saturated carbocycles. The Bertz CT molecular complexity index is 717. The van der Waals surface area contributed by atoms with Gasteiger partial charge in [-0.1, -0.05) is 31.9 Å². The topological polar surface area (TPSA) is 71.1 Å². The molecule has 25 heavy (non-hydrogen) atoms. The van der Waals surface area contributed by atoms with Crippen LogP contribution in [0.4, 0.5) is 4.39 Å². The lowest BCUT2D eigenvalue weighted by Crippen LogP contribution is -2.26. The molecule has 2 aromatic rings. The maximum Gasteiger partial charge on any atom is 0.253 e. The van der Waals surface area contributed by atoms with Crippen LogP contribution in [0.2, 0.25) is 0 Å². The maximum absolute atomic E-state index is 12.9. The van der Waals surface area contributed by atoms with E-state index in [0.717, 1.165) is 24.8 Å². The van der Waals surface area contributed by atoms with E-state index in [2.05, 4.69) is 22.5 Å². The quantitative estimate of drug-likeness (QED) is 0.724. The van der Waals surface area contributed by atoms with Crippen molar-refractivity contribution in [1.82, 2.24) is 15.6 Å². The van der Waals surface area contributed by atoms with Gasteiger partial charge < -0.3 is 10.6 Å². The normalized spacial score (nSPS) is 10.3. The number of rotatable bonds is 8. The molecule has 0 spiro atoms. The average Bonchev–Trinajstić information content (AvgIpc) is 2.64. The van der Waals surface area contributed by atoms with Gasteiger partial charge in [-0.2, -0.15) is 0 Å². The maximum atomic E-state index is 12.9. The Morgan fingerprint density at radius 1 is 1.00 bits per heavy atom. The van der Waals surface area contributed by atoms with Crippen molar-refractivity contribution >= 4 is 11.8 Å². The number of nitrogens with one attached hydrogen (secondary N) is 2. The molecule has 1 aromatic carbocycles. The molecule has 0 aliphatic rings. The lowest BCUT2D eigenvalue weighted by Gasteiger charge is -2.08. The molecule has 0 saturated heterocycles. The van der Waals surface area contributed by atoms with E-state index in [-0.39, 0.29) is 24.2 Å². The van der Waals surface area contributed by atoms with Crippen LogP contribution in [-0.2, 0) is 6.54 Å². The molecule has 0 unspecified atom stereocenters. The molecule has 6 heteroatoms. The third kappa shape index (κ3) is 5.99. The van der Waals surface area contributed by atoms with Crippen LogP contribution in [0.3, 0.4) is 0 Å². The summed E-state index contributed by atoms with van der Waals surface area (Å²) in [6.45, 7) is 2.97. The van der Waals surface area contributed by atoms with E-state index in [4.69, 9.17) is 0 Å². The molecule has 1 heterocycles. The van der Waals surface area contributed by atoms with Crippen LogP contribution in [0.25, 0.3) is 0 Å². The number of hydrogen-bond acceptors (Lipinski definition) is 3. The molecule has 2 N–H and O–H groups in total. The van der Waals surface area contributed by atoms with Gasteiger partial charge in [-0.25, -0.2) is 4.39 Å². The summed E-state index contributed by atoms with van der Waals surface area (Å²) >= 11 is 0. The summed E-state index contributed by atoms with van der Waals surface area (Å²) in [7, 11) is 0. The minimum absolute atomic E-state index is 0.239. The van der Waals surface area contributed by atoms with E-state index in [1.807, 2.05) is 0 Å². The number of pyridine rings is 1. The van der Waals surface area contributed by atoms with Crippen molar-refractivity contribution in [2.45, 2.75) is 32.7 Å². The van der Waals surface area contributed by atoms with Crippen LogP contribution >= 0.6 is 0 Å². The van der Waals surface area contributed by atoms with Crippen LogP contribution in [0.5, 0.6) is 0 Å². The number of hydrogen-bond donors (Lipinski definition) is 2. The first kappa shape index (κ1) is 18.6. The zero-order valence-electron chi connectivity index (χ0n) is 14.2. The van der Waals surface area contributed by atoms with Gasteiger partial charge in [0.05, 0.1) is 11.1 Å². The smallest absolute Gasteiger partial charge is 0.253 e. The van der Waals surface area contributed by atoms with E-state index >= 15 is 0 Å². The predicted molar refractivity (Wildman–Crippen MR) is 93.7 cm³/mol. The van der Waals surface area contributed by atoms with Crippen molar-refractivity contribution in [3.8, 4) is 0 Å². The molecule has 0 aliphatic carbocycles. The summed E-state index contributed by atoms with van der Waals surface area (Å²) in [6.07, 6.45) is 5.92. The fourth-order valence-corrected chi connectivity index (χ4v) is 2.25. The summed E-state index contributed by atoms with van der Waals surface area (Å²) in [5.41, 5.74) is 1.45. The molecule has 0 bridgehead atoms. The van der Waals surface area contributed by atoms with Crippen molar-refractivity contribution in [3.05, 3.63) is 65.2 Å². The summed E-state index contributed by atoms with van der Waals surface area (Å²) < 4.78 is 12.9.